The highest BCUT2D eigenvalue weighted by Gasteiger charge is 2.29. The second-order valence-electron chi connectivity index (χ2n) is 6.54. The first kappa shape index (κ1) is 19.0. The Hall–Kier alpha value is -2.75. The van der Waals surface area contributed by atoms with Crippen molar-refractivity contribution in [3.63, 3.8) is 0 Å². The lowest BCUT2D eigenvalue weighted by Gasteiger charge is -2.27. The van der Waals surface area contributed by atoms with Crippen molar-refractivity contribution in [3.05, 3.63) is 16.9 Å². The number of esters is 1. The third-order valence-corrected chi connectivity index (χ3v) is 4.97. The van der Waals surface area contributed by atoms with Crippen LogP contribution in [0.15, 0.2) is 6.33 Å². The molecule has 0 aromatic carbocycles. The van der Waals surface area contributed by atoms with Gasteiger partial charge in [0.15, 0.2) is 16.8 Å². The van der Waals surface area contributed by atoms with Gasteiger partial charge in [-0.3, -0.25) is 4.79 Å². The lowest BCUT2D eigenvalue weighted by atomic mass is 10.0. The number of ether oxygens (including phenoxy) is 1. The Morgan fingerprint density at radius 3 is 2.89 bits per heavy atom. The van der Waals surface area contributed by atoms with Crippen LogP contribution in [0, 0.1) is 12.8 Å². The Morgan fingerprint density at radius 2 is 2.19 bits per heavy atom. The minimum absolute atomic E-state index is 0.128. The summed E-state index contributed by atoms with van der Waals surface area (Å²) in [6, 6.07) is -0.335. The van der Waals surface area contributed by atoms with Crippen molar-refractivity contribution in [3.8, 4) is 0 Å². The molecule has 3 N–H and O–H groups in total. The highest BCUT2D eigenvalue weighted by molar-refractivity contribution is 7.17. The maximum Gasteiger partial charge on any atom is 0.350 e. The van der Waals surface area contributed by atoms with E-state index in [0.717, 1.165) is 0 Å². The van der Waals surface area contributed by atoms with Crippen LogP contribution < -0.4 is 16.0 Å². The summed E-state index contributed by atoms with van der Waals surface area (Å²) in [6.07, 6.45) is 2.11. The van der Waals surface area contributed by atoms with Crippen molar-refractivity contribution in [2.45, 2.75) is 40.2 Å². The minimum atomic E-state index is -0.406. The van der Waals surface area contributed by atoms with Gasteiger partial charge in [0.2, 0.25) is 5.91 Å². The van der Waals surface area contributed by atoms with Crippen molar-refractivity contribution in [2.24, 2.45) is 5.92 Å². The first-order chi connectivity index (χ1) is 12.9. The number of nitrogens with zero attached hydrogens (tertiary/aromatic N) is 3. The number of anilines is 4. The first-order valence-electron chi connectivity index (χ1n) is 8.73. The van der Waals surface area contributed by atoms with Crippen LogP contribution in [0.1, 0.15) is 42.6 Å². The number of aryl methyl sites for hydroxylation is 1. The third kappa shape index (κ3) is 4.16. The number of carbonyl (C=O) groups excluding carboxylic acids is 2. The molecule has 1 aliphatic rings. The van der Waals surface area contributed by atoms with E-state index in [0.29, 0.717) is 52.0 Å². The number of nitrogens with one attached hydrogen (secondary N) is 3. The van der Waals surface area contributed by atoms with Crippen molar-refractivity contribution in [1.82, 2.24) is 15.0 Å². The molecule has 9 nitrogen and oxygen atoms in total. The predicted molar refractivity (Wildman–Crippen MR) is 104 cm³/mol. The molecule has 3 heterocycles. The summed E-state index contributed by atoms with van der Waals surface area (Å²) in [4.78, 5) is 37.5. The molecule has 144 valence electrons. The molecule has 1 amide bonds. The lowest BCUT2D eigenvalue weighted by molar-refractivity contribution is -0.117. The van der Waals surface area contributed by atoms with E-state index in [2.05, 4.69) is 44.7 Å². The van der Waals surface area contributed by atoms with Gasteiger partial charge in [-0.15, -0.1) is 0 Å². The van der Waals surface area contributed by atoms with E-state index in [-0.39, 0.29) is 11.9 Å². The molecular weight excluding hydrogens is 368 g/mol. The van der Waals surface area contributed by atoms with E-state index in [1.54, 1.807) is 13.8 Å². The SMILES string of the molecule is CCOC(=O)c1sc(Nc2ncnc3c2NC(=O)C(CC(C)C)N3)nc1C. The van der Waals surface area contributed by atoms with E-state index in [4.69, 9.17) is 4.74 Å². The van der Waals surface area contributed by atoms with Crippen LogP contribution >= 0.6 is 11.3 Å². The summed E-state index contributed by atoms with van der Waals surface area (Å²) in [7, 11) is 0. The van der Waals surface area contributed by atoms with E-state index in [1.807, 2.05) is 0 Å². The van der Waals surface area contributed by atoms with E-state index >= 15 is 0 Å². The van der Waals surface area contributed by atoms with Crippen LogP contribution in [0.25, 0.3) is 0 Å². The van der Waals surface area contributed by atoms with Gasteiger partial charge in [-0.1, -0.05) is 25.2 Å². The molecule has 27 heavy (non-hydrogen) atoms. The molecule has 2 aromatic heterocycles. The minimum Gasteiger partial charge on any atom is -0.462 e. The second-order valence-corrected chi connectivity index (χ2v) is 7.54. The Bertz CT molecular complexity index is 866. The normalized spacial score (nSPS) is 15.7. The Morgan fingerprint density at radius 1 is 1.41 bits per heavy atom. The summed E-state index contributed by atoms with van der Waals surface area (Å²) in [5.74, 6) is 0.798. The fourth-order valence-electron chi connectivity index (χ4n) is 2.72. The molecule has 1 aliphatic heterocycles. The molecule has 0 saturated carbocycles. The van der Waals surface area contributed by atoms with Gasteiger partial charge in [0.25, 0.3) is 0 Å². The van der Waals surface area contributed by atoms with Crippen LogP contribution in [0.4, 0.5) is 22.5 Å². The van der Waals surface area contributed by atoms with Crippen molar-refractivity contribution < 1.29 is 14.3 Å². The molecule has 1 unspecified atom stereocenters. The lowest BCUT2D eigenvalue weighted by Crippen LogP contribution is -2.40. The highest BCUT2D eigenvalue weighted by Crippen LogP contribution is 2.34. The standard InChI is InChI=1S/C17H22N6O3S/c1-5-26-16(25)12-9(4)20-17(27-12)23-14-11-13(18-7-19-14)21-10(6-8(2)3)15(24)22-11/h7-8,10H,5-6H2,1-4H3,(H,22,24)(H2,18,19,20,21,23). The maximum absolute atomic E-state index is 12.4. The van der Waals surface area contributed by atoms with Crippen LogP contribution in [0.5, 0.6) is 0 Å². The van der Waals surface area contributed by atoms with Crippen LogP contribution in [-0.2, 0) is 9.53 Å². The summed E-state index contributed by atoms with van der Waals surface area (Å²) in [5, 5.41) is 9.57. The quantitative estimate of drug-likeness (QED) is 0.644. The topological polar surface area (TPSA) is 118 Å². The van der Waals surface area contributed by atoms with Gasteiger partial charge < -0.3 is 20.7 Å². The fourth-order valence-corrected chi connectivity index (χ4v) is 3.58. The van der Waals surface area contributed by atoms with E-state index in [9.17, 15) is 9.59 Å². The monoisotopic (exact) mass is 390 g/mol. The fraction of sp³-hybridized carbons (Fsp3) is 0.471. The average molecular weight is 390 g/mol. The van der Waals surface area contributed by atoms with Gasteiger partial charge in [0.05, 0.1) is 12.3 Å². The van der Waals surface area contributed by atoms with Crippen LogP contribution in [-0.4, -0.2) is 39.5 Å². The molecular formula is C17H22N6O3S. The molecule has 3 rings (SSSR count). The number of fused-ring (bicyclic) bond motifs is 1. The zero-order valence-electron chi connectivity index (χ0n) is 15.6. The number of hydrogen-bond acceptors (Lipinski definition) is 9. The van der Waals surface area contributed by atoms with Crippen molar-refractivity contribution >= 4 is 45.7 Å². The highest BCUT2D eigenvalue weighted by atomic mass is 32.1. The van der Waals surface area contributed by atoms with Gasteiger partial charge in [0, 0.05) is 0 Å². The number of hydrogen-bond donors (Lipinski definition) is 3. The molecule has 0 aliphatic carbocycles. The second kappa shape index (κ2) is 7.87. The van der Waals surface area contributed by atoms with Crippen LogP contribution in [0.3, 0.4) is 0 Å². The average Bonchev–Trinajstić information content (AvgIpc) is 2.96. The smallest absolute Gasteiger partial charge is 0.350 e. The summed E-state index contributed by atoms with van der Waals surface area (Å²) in [6.45, 7) is 7.91. The maximum atomic E-state index is 12.4. The van der Waals surface area contributed by atoms with Crippen LogP contribution in [0.2, 0.25) is 0 Å². The molecule has 0 fully saturated rings. The molecule has 0 saturated heterocycles. The molecule has 0 radical (unpaired) electrons. The van der Waals surface area contributed by atoms with Gasteiger partial charge in [0.1, 0.15) is 22.9 Å². The Labute approximate surface area is 161 Å². The number of amides is 1. The number of aromatic nitrogens is 3. The number of carbonyl (C=O) groups is 2. The third-order valence-electron chi connectivity index (χ3n) is 3.91. The van der Waals surface area contributed by atoms with Gasteiger partial charge >= 0.3 is 5.97 Å². The predicted octanol–water partition coefficient (Wildman–Crippen LogP) is 2.94. The van der Waals surface area contributed by atoms with E-state index in [1.165, 1.54) is 17.7 Å². The van der Waals surface area contributed by atoms with Gasteiger partial charge in [-0.05, 0) is 26.2 Å². The molecule has 10 heteroatoms. The zero-order valence-corrected chi connectivity index (χ0v) is 16.4. The molecule has 1 atom stereocenters. The molecule has 0 bridgehead atoms. The van der Waals surface area contributed by atoms with E-state index < -0.39 is 5.97 Å². The molecule has 0 spiro atoms. The summed E-state index contributed by atoms with van der Waals surface area (Å²) >= 11 is 1.17. The summed E-state index contributed by atoms with van der Waals surface area (Å²) < 4.78 is 5.03. The zero-order chi connectivity index (χ0) is 19.6. The number of thiazole rings is 1. The summed E-state index contributed by atoms with van der Waals surface area (Å²) in [5.41, 5.74) is 1.04. The van der Waals surface area contributed by atoms with Gasteiger partial charge in [-0.25, -0.2) is 19.7 Å². The van der Waals surface area contributed by atoms with Crippen molar-refractivity contribution in [1.29, 1.82) is 0 Å². The largest absolute Gasteiger partial charge is 0.462 e. The van der Waals surface area contributed by atoms with Gasteiger partial charge in [-0.2, -0.15) is 0 Å². The Kier molecular flexibility index (Phi) is 5.54. The van der Waals surface area contributed by atoms with Crippen molar-refractivity contribution in [2.75, 3.05) is 22.6 Å². The Balaban J connectivity index is 1.83. The first-order valence-corrected chi connectivity index (χ1v) is 9.54. The number of rotatable bonds is 6. The molecule has 2 aromatic rings.